The van der Waals surface area contributed by atoms with Crippen molar-refractivity contribution in [3.8, 4) is 17.0 Å². The number of carbonyl (C=O) groups is 1. The van der Waals surface area contributed by atoms with Gasteiger partial charge in [0, 0.05) is 5.56 Å². The van der Waals surface area contributed by atoms with Crippen molar-refractivity contribution in [2.75, 3.05) is 7.11 Å². The number of amides is 1. The van der Waals surface area contributed by atoms with Crippen LogP contribution >= 0.6 is 0 Å². The molecule has 3 rings (SSSR count). The highest BCUT2D eigenvalue weighted by Crippen LogP contribution is 2.23. The number of aromatic nitrogens is 2. The van der Waals surface area contributed by atoms with E-state index in [1.54, 1.807) is 25.3 Å². The zero-order chi connectivity index (χ0) is 17.8. The van der Waals surface area contributed by atoms with E-state index in [-0.39, 0.29) is 17.8 Å². The highest BCUT2D eigenvalue weighted by atomic mass is 19.1. The van der Waals surface area contributed by atoms with Gasteiger partial charge >= 0.3 is 0 Å². The molecule has 0 saturated heterocycles. The van der Waals surface area contributed by atoms with Crippen LogP contribution in [0.15, 0.2) is 54.6 Å². The molecule has 2 aromatic carbocycles. The molecule has 1 amide bonds. The first kappa shape index (κ1) is 16.7. The largest absolute Gasteiger partial charge is 0.497 e. The summed E-state index contributed by atoms with van der Waals surface area (Å²) in [5.41, 5.74) is 2.67. The first-order chi connectivity index (χ1) is 12.1. The predicted molar refractivity (Wildman–Crippen MR) is 92.9 cm³/mol. The number of hydrogen-bond donors (Lipinski definition) is 2. The van der Waals surface area contributed by atoms with Gasteiger partial charge in [-0.15, -0.1) is 0 Å². The minimum atomic E-state index is -0.307. The maximum Gasteiger partial charge on any atom is 0.269 e. The molecule has 0 radical (unpaired) electrons. The zero-order valence-corrected chi connectivity index (χ0v) is 13.9. The lowest BCUT2D eigenvalue weighted by Gasteiger charge is -2.13. The number of ether oxygens (including phenoxy) is 1. The molecule has 3 aromatic rings. The molecule has 128 valence electrons. The normalized spacial score (nSPS) is 11.8. The summed E-state index contributed by atoms with van der Waals surface area (Å²) in [6.45, 7) is 1.84. The molecule has 1 atom stereocenters. The van der Waals surface area contributed by atoms with Crippen LogP contribution < -0.4 is 10.1 Å². The van der Waals surface area contributed by atoms with Crippen LogP contribution in [-0.2, 0) is 0 Å². The van der Waals surface area contributed by atoms with E-state index in [9.17, 15) is 9.18 Å². The number of nitrogens with zero attached hydrogens (tertiary/aromatic N) is 1. The van der Waals surface area contributed by atoms with Crippen LogP contribution in [0.2, 0.25) is 0 Å². The molecule has 6 heteroatoms. The van der Waals surface area contributed by atoms with Gasteiger partial charge in [0.2, 0.25) is 0 Å². The third-order valence-electron chi connectivity index (χ3n) is 3.91. The third kappa shape index (κ3) is 3.85. The lowest BCUT2D eigenvalue weighted by Crippen LogP contribution is -2.26. The van der Waals surface area contributed by atoms with E-state index in [1.165, 1.54) is 12.1 Å². The summed E-state index contributed by atoms with van der Waals surface area (Å²) in [5.74, 6) is 0.133. The van der Waals surface area contributed by atoms with E-state index in [1.807, 2.05) is 31.2 Å². The Morgan fingerprint density at radius 2 is 1.96 bits per heavy atom. The van der Waals surface area contributed by atoms with Crippen LogP contribution in [0.1, 0.15) is 29.0 Å². The molecule has 0 aliphatic heterocycles. The topological polar surface area (TPSA) is 67.0 Å². The fourth-order valence-corrected chi connectivity index (χ4v) is 2.48. The van der Waals surface area contributed by atoms with Crippen molar-refractivity contribution < 1.29 is 13.9 Å². The molecule has 5 nitrogen and oxygen atoms in total. The van der Waals surface area contributed by atoms with Crippen LogP contribution in [-0.4, -0.2) is 23.2 Å². The number of benzene rings is 2. The monoisotopic (exact) mass is 339 g/mol. The average Bonchev–Trinajstić information content (AvgIpc) is 3.12. The summed E-state index contributed by atoms with van der Waals surface area (Å²) >= 11 is 0. The summed E-state index contributed by atoms with van der Waals surface area (Å²) < 4.78 is 18.2. The molecule has 0 aliphatic carbocycles. The van der Waals surface area contributed by atoms with Crippen LogP contribution in [0.4, 0.5) is 4.39 Å². The van der Waals surface area contributed by atoms with Gasteiger partial charge in [0.15, 0.2) is 0 Å². The van der Waals surface area contributed by atoms with Gasteiger partial charge < -0.3 is 10.1 Å². The second-order valence-electron chi connectivity index (χ2n) is 5.65. The van der Waals surface area contributed by atoms with E-state index in [0.717, 1.165) is 16.9 Å². The second-order valence-corrected chi connectivity index (χ2v) is 5.65. The highest BCUT2D eigenvalue weighted by molar-refractivity contribution is 5.93. The van der Waals surface area contributed by atoms with Gasteiger partial charge in [-0.05, 0) is 42.8 Å². The second kappa shape index (κ2) is 7.17. The van der Waals surface area contributed by atoms with Crippen LogP contribution in [0.3, 0.4) is 0 Å². The van der Waals surface area contributed by atoms with Crippen LogP contribution in [0.25, 0.3) is 11.3 Å². The Labute approximate surface area is 144 Å². The molecule has 0 unspecified atom stereocenters. The van der Waals surface area contributed by atoms with Gasteiger partial charge in [-0.1, -0.05) is 24.3 Å². The fraction of sp³-hybridized carbons (Fsp3) is 0.158. The summed E-state index contributed by atoms with van der Waals surface area (Å²) in [6, 6.07) is 14.9. The number of methoxy groups -OCH3 is 1. The quantitative estimate of drug-likeness (QED) is 0.744. The van der Waals surface area contributed by atoms with Gasteiger partial charge in [-0.3, -0.25) is 9.89 Å². The van der Waals surface area contributed by atoms with E-state index < -0.39 is 0 Å². The Hall–Kier alpha value is -3.15. The molecule has 2 N–H and O–H groups in total. The lowest BCUT2D eigenvalue weighted by molar-refractivity contribution is 0.0935. The summed E-state index contributed by atoms with van der Waals surface area (Å²) in [6.07, 6.45) is 0. The van der Waals surface area contributed by atoms with Gasteiger partial charge in [-0.2, -0.15) is 5.10 Å². The number of hydrogen-bond acceptors (Lipinski definition) is 3. The molecule has 1 aromatic heterocycles. The summed E-state index contributed by atoms with van der Waals surface area (Å²) in [4.78, 5) is 12.4. The fourth-order valence-electron chi connectivity index (χ4n) is 2.48. The molecule has 0 saturated carbocycles. The molecular weight excluding hydrogens is 321 g/mol. The molecule has 1 heterocycles. The predicted octanol–water partition coefficient (Wildman–Crippen LogP) is 3.72. The van der Waals surface area contributed by atoms with E-state index >= 15 is 0 Å². The first-order valence-corrected chi connectivity index (χ1v) is 7.83. The van der Waals surface area contributed by atoms with Crippen LogP contribution in [0.5, 0.6) is 5.75 Å². The maximum atomic E-state index is 13.0. The van der Waals surface area contributed by atoms with Crippen molar-refractivity contribution in [2.24, 2.45) is 0 Å². The summed E-state index contributed by atoms with van der Waals surface area (Å²) in [7, 11) is 1.60. The Morgan fingerprint density at radius 1 is 1.20 bits per heavy atom. The Morgan fingerprint density at radius 3 is 2.68 bits per heavy atom. The lowest BCUT2D eigenvalue weighted by atomic mass is 10.1. The number of carbonyl (C=O) groups excluding carboxylic acids is 1. The minimum absolute atomic E-state index is 0.253. The molecule has 0 aliphatic rings. The van der Waals surface area contributed by atoms with Gasteiger partial charge in [0.25, 0.3) is 5.91 Å². The number of aromatic amines is 1. The van der Waals surface area contributed by atoms with Gasteiger partial charge in [0.1, 0.15) is 17.3 Å². The van der Waals surface area contributed by atoms with Crippen LogP contribution in [0, 0.1) is 5.82 Å². The molecular formula is C19H18FN3O2. The van der Waals surface area contributed by atoms with Crippen molar-refractivity contribution in [2.45, 2.75) is 13.0 Å². The van der Waals surface area contributed by atoms with Crippen molar-refractivity contribution in [1.82, 2.24) is 15.5 Å². The molecule has 0 bridgehead atoms. The first-order valence-electron chi connectivity index (χ1n) is 7.83. The number of H-pyrrole nitrogens is 1. The minimum Gasteiger partial charge on any atom is -0.497 e. The Balaban J connectivity index is 1.73. The van der Waals surface area contributed by atoms with E-state index in [4.69, 9.17) is 4.74 Å². The Bertz CT molecular complexity index is 874. The SMILES string of the molecule is COc1cccc(-c2cc(C(=O)N[C@@H](C)c3ccc(F)cc3)[nH]n2)c1. The Kier molecular flexibility index (Phi) is 4.79. The van der Waals surface area contributed by atoms with E-state index in [2.05, 4.69) is 15.5 Å². The smallest absolute Gasteiger partial charge is 0.269 e. The van der Waals surface area contributed by atoms with Gasteiger partial charge in [-0.25, -0.2) is 4.39 Å². The third-order valence-corrected chi connectivity index (χ3v) is 3.91. The number of nitrogens with one attached hydrogen (secondary N) is 2. The van der Waals surface area contributed by atoms with E-state index in [0.29, 0.717) is 11.4 Å². The highest BCUT2D eigenvalue weighted by Gasteiger charge is 2.15. The standard InChI is InChI=1S/C19H18FN3O2/c1-12(13-6-8-15(20)9-7-13)21-19(24)18-11-17(22-23-18)14-4-3-5-16(10-14)25-2/h3-12H,1-2H3,(H,21,24)(H,22,23)/t12-/m0/s1. The maximum absolute atomic E-state index is 13.0. The zero-order valence-electron chi connectivity index (χ0n) is 13.9. The molecule has 0 fully saturated rings. The summed E-state index contributed by atoms with van der Waals surface area (Å²) in [5, 5.41) is 9.79. The van der Waals surface area contributed by atoms with Crippen molar-refractivity contribution >= 4 is 5.91 Å². The average molecular weight is 339 g/mol. The van der Waals surface area contributed by atoms with Crippen molar-refractivity contribution in [1.29, 1.82) is 0 Å². The van der Waals surface area contributed by atoms with Crippen molar-refractivity contribution in [3.63, 3.8) is 0 Å². The molecule has 0 spiro atoms. The van der Waals surface area contributed by atoms with Gasteiger partial charge in [0.05, 0.1) is 18.8 Å². The molecule has 25 heavy (non-hydrogen) atoms. The number of rotatable bonds is 5. The van der Waals surface area contributed by atoms with Crippen molar-refractivity contribution in [3.05, 3.63) is 71.7 Å². The number of halogens is 1.